The average Bonchev–Trinajstić information content (AvgIpc) is 3.55. The highest BCUT2D eigenvalue weighted by Crippen LogP contribution is 2.30. The van der Waals surface area contributed by atoms with Gasteiger partial charge in [0.05, 0.1) is 31.7 Å². The number of benzene rings is 2. The van der Waals surface area contributed by atoms with E-state index in [0.29, 0.717) is 0 Å². The minimum absolute atomic E-state index is 0.752. The number of hydrogen-bond donors (Lipinski definition) is 0. The Kier molecular flexibility index (Phi) is 7.42. The van der Waals surface area contributed by atoms with E-state index in [1.165, 1.54) is 16.0 Å². The quantitative estimate of drug-likeness (QED) is 0.340. The average molecular weight is 490 g/mol. The van der Waals surface area contributed by atoms with Crippen LogP contribution < -0.4 is 9.64 Å². The van der Waals surface area contributed by atoms with Gasteiger partial charge in [0.2, 0.25) is 0 Å². The Balaban J connectivity index is 1.39. The van der Waals surface area contributed by atoms with Crippen LogP contribution in [0.2, 0.25) is 0 Å². The summed E-state index contributed by atoms with van der Waals surface area (Å²) < 4.78 is 12.9. The van der Waals surface area contributed by atoms with Gasteiger partial charge in [-0.05, 0) is 48.4 Å². The van der Waals surface area contributed by atoms with E-state index < -0.39 is 0 Å². The molecule has 0 atom stereocenters. The lowest BCUT2D eigenvalue weighted by Crippen LogP contribution is -2.35. The fourth-order valence-corrected chi connectivity index (χ4v) is 5.34. The van der Waals surface area contributed by atoms with E-state index in [-0.39, 0.29) is 0 Å². The van der Waals surface area contributed by atoms with Crippen molar-refractivity contribution < 1.29 is 9.47 Å². The van der Waals surface area contributed by atoms with E-state index in [0.717, 1.165) is 68.2 Å². The van der Waals surface area contributed by atoms with Gasteiger partial charge in [0.1, 0.15) is 5.75 Å². The van der Waals surface area contributed by atoms with Crippen LogP contribution in [0.25, 0.3) is 5.69 Å². The number of methoxy groups -OCH3 is 1. The number of morpholine rings is 1. The van der Waals surface area contributed by atoms with Crippen molar-refractivity contribution in [3.8, 4) is 11.4 Å². The molecule has 1 saturated heterocycles. The molecule has 35 heavy (non-hydrogen) atoms. The first-order valence-corrected chi connectivity index (χ1v) is 12.7. The summed E-state index contributed by atoms with van der Waals surface area (Å²) in [6.07, 6.45) is 3.75. The van der Waals surface area contributed by atoms with Crippen LogP contribution in [0.1, 0.15) is 21.7 Å². The normalized spacial score (nSPS) is 14.2. The maximum Gasteiger partial charge on any atom is 0.186 e. The van der Waals surface area contributed by atoms with Gasteiger partial charge in [-0.1, -0.05) is 24.3 Å². The molecule has 0 saturated carbocycles. The van der Waals surface area contributed by atoms with Crippen LogP contribution in [0.3, 0.4) is 0 Å². The molecule has 2 aromatic carbocycles. The van der Waals surface area contributed by atoms with Crippen molar-refractivity contribution in [3.63, 3.8) is 0 Å². The third kappa shape index (κ3) is 5.90. The van der Waals surface area contributed by atoms with Crippen LogP contribution in [0.4, 0.5) is 5.13 Å². The molecule has 3 heterocycles. The molecule has 1 aliphatic heterocycles. The summed E-state index contributed by atoms with van der Waals surface area (Å²) in [5, 5.41) is 5.38. The fraction of sp³-hybridized carbons (Fsp3) is 0.333. The van der Waals surface area contributed by atoms with Gasteiger partial charge in [0.25, 0.3) is 0 Å². The highest BCUT2D eigenvalue weighted by molar-refractivity contribution is 7.15. The first-order valence-electron chi connectivity index (χ1n) is 11.9. The summed E-state index contributed by atoms with van der Waals surface area (Å²) in [6, 6.07) is 18.8. The number of anilines is 1. The van der Waals surface area contributed by atoms with Crippen LogP contribution in [0.15, 0.2) is 67.0 Å². The predicted octanol–water partition coefficient (Wildman–Crippen LogP) is 4.68. The van der Waals surface area contributed by atoms with E-state index in [9.17, 15) is 0 Å². The molecular formula is C27H31N5O2S. The van der Waals surface area contributed by atoms with Gasteiger partial charge < -0.3 is 14.4 Å². The van der Waals surface area contributed by atoms with Crippen LogP contribution in [-0.4, -0.2) is 53.1 Å². The summed E-state index contributed by atoms with van der Waals surface area (Å²) in [4.78, 5) is 11.1. The Labute approximate surface area is 210 Å². The van der Waals surface area contributed by atoms with E-state index in [1.807, 2.05) is 29.1 Å². The molecule has 7 nitrogen and oxygen atoms in total. The molecule has 0 bridgehead atoms. The monoisotopic (exact) mass is 489 g/mol. The van der Waals surface area contributed by atoms with Crippen LogP contribution in [-0.2, 0) is 24.4 Å². The molecule has 1 aliphatic rings. The van der Waals surface area contributed by atoms with Crippen molar-refractivity contribution in [2.24, 2.45) is 0 Å². The zero-order chi connectivity index (χ0) is 24.0. The Morgan fingerprint density at radius 1 is 1.03 bits per heavy atom. The second kappa shape index (κ2) is 11.0. The SMILES string of the molecule is COc1cccc(CN(Cc2ccc(-n3cccn3)cc2)c2nc(C)c(CN3CCOCC3)s2)c1. The topological polar surface area (TPSA) is 55.7 Å². The van der Waals surface area contributed by atoms with Gasteiger partial charge in [-0.2, -0.15) is 5.10 Å². The maximum absolute atomic E-state index is 5.52. The number of aryl methyl sites for hydroxylation is 1. The lowest BCUT2D eigenvalue weighted by Gasteiger charge is -2.26. The molecule has 182 valence electrons. The van der Waals surface area contributed by atoms with Crippen LogP contribution in [0, 0.1) is 6.92 Å². The molecule has 0 amide bonds. The molecule has 2 aromatic heterocycles. The summed E-state index contributed by atoms with van der Waals surface area (Å²) in [7, 11) is 1.71. The van der Waals surface area contributed by atoms with Gasteiger partial charge in [-0.25, -0.2) is 9.67 Å². The highest BCUT2D eigenvalue weighted by Gasteiger charge is 2.19. The molecule has 5 rings (SSSR count). The number of thiazole rings is 1. The summed E-state index contributed by atoms with van der Waals surface area (Å²) >= 11 is 1.80. The molecule has 0 aliphatic carbocycles. The van der Waals surface area contributed by atoms with Crippen molar-refractivity contribution in [1.82, 2.24) is 19.7 Å². The zero-order valence-corrected chi connectivity index (χ0v) is 21.1. The fourth-order valence-electron chi connectivity index (χ4n) is 4.24. The maximum atomic E-state index is 5.52. The lowest BCUT2D eigenvalue weighted by molar-refractivity contribution is 0.0345. The predicted molar refractivity (Wildman–Crippen MR) is 139 cm³/mol. The third-order valence-electron chi connectivity index (χ3n) is 6.21. The molecule has 0 spiro atoms. The molecule has 0 unspecified atom stereocenters. The summed E-state index contributed by atoms with van der Waals surface area (Å²) in [5.41, 5.74) is 4.59. The molecular weight excluding hydrogens is 458 g/mol. The molecule has 8 heteroatoms. The van der Waals surface area contributed by atoms with Gasteiger partial charge >= 0.3 is 0 Å². The molecule has 0 radical (unpaired) electrons. The van der Waals surface area contributed by atoms with Gasteiger partial charge in [0, 0.05) is 50.0 Å². The molecule has 0 N–H and O–H groups in total. The summed E-state index contributed by atoms with van der Waals surface area (Å²) in [6.45, 7) is 8.13. The second-order valence-electron chi connectivity index (χ2n) is 8.72. The Morgan fingerprint density at radius 3 is 2.57 bits per heavy atom. The number of rotatable bonds is 9. The second-order valence-corrected chi connectivity index (χ2v) is 9.78. The van der Waals surface area contributed by atoms with Crippen molar-refractivity contribution in [3.05, 3.63) is 88.7 Å². The first-order chi connectivity index (χ1) is 17.2. The lowest BCUT2D eigenvalue weighted by atomic mass is 10.1. The number of hydrogen-bond acceptors (Lipinski definition) is 7. The van der Waals surface area contributed by atoms with Gasteiger partial charge in [-0.15, -0.1) is 11.3 Å². The van der Waals surface area contributed by atoms with Crippen LogP contribution in [0.5, 0.6) is 5.75 Å². The van der Waals surface area contributed by atoms with Crippen LogP contribution >= 0.6 is 11.3 Å². The third-order valence-corrected chi connectivity index (χ3v) is 7.41. The van der Waals surface area contributed by atoms with Gasteiger partial charge in [0.15, 0.2) is 5.13 Å². The zero-order valence-electron chi connectivity index (χ0n) is 20.3. The number of ether oxygens (including phenoxy) is 2. The smallest absolute Gasteiger partial charge is 0.186 e. The molecule has 4 aromatic rings. The van der Waals surface area contributed by atoms with E-state index in [4.69, 9.17) is 14.5 Å². The minimum atomic E-state index is 0.752. The van der Waals surface area contributed by atoms with E-state index in [1.54, 1.807) is 24.6 Å². The largest absolute Gasteiger partial charge is 0.497 e. The van der Waals surface area contributed by atoms with E-state index >= 15 is 0 Å². The number of aromatic nitrogens is 3. The minimum Gasteiger partial charge on any atom is -0.497 e. The number of nitrogens with zero attached hydrogens (tertiary/aromatic N) is 5. The Morgan fingerprint density at radius 2 is 1.83 bits per heavy atom. The Hall–Kier alpha value is -3.20. The van der Waals surface area contributed by atoms with Crippen molar-refractivity contribution in [1.29, 1.82) is 0 Å². The standard InChI is InChI=1S/C27H31N5O2S/c1-21-26(20-30-13-15-34-16-14-30)35-27(29-21)31(19-23-5-3-6-25(17-23)33-2)18-22-7-9-24(10-8-22)32-12-4-11-28-32/h3-12,17H,13-16,18-20H2,1-2H3. The molecule has 1 fully saturated rings. The van der Waals surface area contributed by atoms with Gasteiger partial charge in [-0.3, -0.25) is 4.90 Å². The van der Waals surface area contributed by atoms with Crippen molar-refractivity contribution in [2.75, 3.05) is 38.3 Å². The highest BCUT2D eigenvalue weighted by atomic mass is 32.1. The van der Waals surface area contributed by atoms with E-state index in [2.05, 4.69) is 58.2 Å². The first kappa shape index (κ1) is 23.5. The summed E-state index contributed by atoms with van der Waals surface area (Å²) in [5.74, 6) is 0.870. The van der Waals surface area contributed by atoms with Crippen molar-refractivity contribution >= 4 is 16.5 Å². The van der Waals surface area contributed by atoms with Crippen molar-refractivity contribution in [2.45, 2.75) is 26.6 Å². The Bertz CT molecular complexity index is 1220.